The standard InChI is InChI=1S/C40H74NO8P/c1-6-8-10-12-14-16-18-20-21-23-25-27-29-31-33-40(43)49-38(37-48-50(44,45)47-35-34-41(3,4)5)36-46-39(42)32-30-28-26-24-22-19-17-15-13-11-9-7-2/h12,14-15,17-18,20,38H,6-11,13,16,19,21-37H2,1-5H3/p+1/b14-12-,17-15-,20-18-/t38-/m1/s1. The molecule has 0 aliphatic heterocycles. The molecular weight excluding hydrogens is 653 g/mol. The van der Waals surface area contributed by atoms with E-state index in [1.165, 1.54) is 38.5 Å². The molecule has 0 amide bonds. The van der Waals surface area contributed by atoms with Crippen LogP contribution in [0.3, 0.4) is 0 Å². The van der Waals surface area contributed by atoms with Gasteiger partial charge in [0.25, 0.3) is 0 Å². The average Bonchev–Trinajstić information content (AvgIpc) is 3.06. The Morgan fingerprint density at radius 2 is 1.10 bits per heavy atom. The van der Waals surface area contributed by atoms with Gasteiger partial charge in [0.1, 0.15) is 19.8 Å². The number of phosphoric ester groups is 1. The molecule has 0 spiro atoms. The predicted octanol–water partition coefficient (Wildman–Crippen LogP) is 10.6. The SMILES string of the molecule is CCCC/C=C\C/C=C\CCCCCCCC(=O)O[C@H](COC(=O)CCCCCCC/C=C\CCCCC)COP(=O)(O)OCC[N+](C)(C)C. The molecule has 1 N–H and O–H groups in total. The van der Waals surface area contributed by atoms with E-state index in [0.29, 0.717) is 17.4 Å². The van der Waals surface area contributed by atoms with E-state index < -0.39 is 26.5 Å². The molecule has 0 saturated heterocycles. The van der Waals surface area contributed by atoms with Gasteiger partial charge in [-0.05, 0) is 64.2 Å². The quantitative estimate of drug-likeness (QED) is 0.0226. The zero-order valence-corrected chi connectivity index (χ0v) is 33.5. The number of phosphoric acid groups is 1. The lowest BCUT2D eigenvalue weighted by Gasteiger charge is -2.24. The minimum atomic E-state index is -4.37. The van der Waals surface area contributed by atoms with Crippen LogP contribution < -0.4 is 0 Å². The third-order valence-electron chi connectivity index (χ3n) is 8.14. The highest BCUT2D eigenvalue weighted by Gasteiger charge is 2.27. The van der Waals surface area contributed by atoms with Crippen molar-refractivity contribution in [3.8, 4) is 0 Å². The van der Waals surface area contributed by atoms with Crippen molar-refractivity contribution in [2.75, 3.05) is 47.5 Å². The fourth-order valence-electron chi connectivity index (χ4n) is 4.96. The van der Waals surface area contributed by atoms with E-state index in [1.807, 2.05) is 21.1 Å². The van der Waals surface area contributed by atoms with Crippen LogP contribution in [0.4, 0.5) is 0 Å². The Balaban J connectivity index is 4.47. The van der Waals surface area contributed by atoms with E-state index in [0.717, 1.165) is 83.5 Å². The molecule has 2 atom stereocenters. The normalized spacial score (nSPS) is 14.1. The summed E-state index contributed by atoms with van der Waals surface area (Å²) in [5.41, 5.74) is 0. The molecule has 0 aromatic rings. The Morgan fingerprint density at radius 1 is 0.620 bits per heavy atom. The first kappa shape index (κ1) is 48.2. The van der Waals surface area contributed by atoms with Crippen LogP contribution in [-0.4, -0.2) is 74.9 Å². The van der Waals surface area contributed by atoms with E-state index in [4.69, 9.17) is 18.5 Å². The van der Waals surface area contributed by atoms with Gasteiger partial charge in [0.15, 0.2) is 6.10 Å². The number of allylic oxidation sites excluding steroid dienone is 6. The molecule has 0 aliphatic rings. The number of quaternary nitrogens is 1. The lowest BCUT2D eigenvalue weighted by molar-refractivity contribution is -0.870. The van der Waals surface area contributed by atoms with Crippen molar-refractivity contribution >= 4 is 19.8 Å². The Labute approximate surface area is 306 Å². The molecule has 0 rings (SSSR count). The van der Waals surface area contributed by atoms with Crippen LogP contribution in [-0.2, 0) is 32.7 Å². The topological polar surface area (TPSA) is 108 Å². The maximum Gasteiger partial charge on any atom is 0.472 e. The van der Waals surface area contributed by atoms with Crippen LogP contribution >= 0.6 is 7.82 Å². The van der Waals surface area contributed by atoms with Crippen molar-refractivity contribution in [3.63, 3.8) is 0 Å². The van der Waals surface area contributed by atoms with Crippen molar-refractivity contribution in [3.05, 3.63) is 36.5 Å². The summed E-state index contributed by atoms with van der Waals surface area (Å²) in [4.78, 5) is 35.2. The number of likely N-dealkylation sites (N-methyl/N-ethyl adjacent to an activating group) is 1. The number of esters is 2. The second-order valence-corrected chi connectivity index (χ2v) is 15.8. The fourth-order valence-corrected chi connectivity index (χ4v) is 5.71. The molecular formula is C40H75NO8P+. The molecule has 0 bridgehead atoms. The zero-order valence-electron chi connectivity index (χ0n) is 32.6. The van der Waals surface area contributed by atoms with E-state index in [1.54, 1.807) is 0 Å². The number of unbranched alkanes of at least 4 members (excludes halogenated alkanes) is 15. The van der Waals surface area contributed by atoms with Crippen LogP contribution in [0.2, 0.25) is 0 Å². The molecule has 0 radical (unpaired) electrons. The summed E-state index contributed by atoms with van der Waals surface area (Å²) in [6.45, 7) is 4.31. The molecule has 50 heavy (non-hydrogen) atoms. The number of ether oxygens (including phenoxy) is 2. The van der Waals surface area contributed by atoms with Crippen molar-refractivity contribution in [1.29, 1.82) is 0 Å². The smallest absolute Gasteiger partial charge is 0.462 e. The van der Waals surface area contributed by atoms with Crippen LogP contribution in [0.15, 0.2) is 36.5 Å². The van der Waals surface area contributed by atoms with Gasteiger partial charge in [0.05, 0.1) is 27.7 Å². The Hall–Kier alpha value is -1.77. The van der Waals surface area contributed by atoms with Gasteiger partial charge in [-0.25, -0.2) is 4.57 Å². The summed E-state index contributed by atoms with van der Waals surface area (Å²) >= 11 is 0. The van der Waals surface area contributed by atoms with E-state index in [-0.39, 0.29) is 32.0 Å². The number of hydrogen-bond donors (Lipinski definition) is 1. The molecule has 1 unspecified atom stereocenters. The average molecular weight is 729 g/mol. The van der Waals surface area contributed by atoms with Crippen LogP contribution in [0, 0.1) is 0 Å². The minimum absolute atomic E-state index is 0.0270. The highest BCUT2D eigenvalue weighted by molar-refractivity contribution is 7.47. The van der Waals surface area contributed by atoms with Crippen LogP contribution in [0.5, 0.6) is 0 Å². The number of carbonyl (C=O) groups excluding carboxylic acids is 2. The predicted molar refractivity (Wildman–Crippen MR) is 206 cm³/mol. The number of hydrogen-bond acceptors (Lipinski definition) is 7. The third-order valence-corrected chi connectivity index (χ3v) is 9.13. The summed E-state index contributed by atoms with van der Waals surface area (Å²) in [6, 6.07) is 0. The molecule has 0 aliphatic carbocycles. The monoisotopic (exact) mass is 729 g/mol. The second kappa shape index (κ2) is 33.1. The molecule has 0 aromatic heterocycles. The number of carbonyl (C=O) groups is 2. The van der Waals surface area contributed by atoms with Gasteiger partial charge in [-0.1, -0.05) is 115 Å². The minimum Gasteiger partial charge on any atom is -0.462 e. The maximum atomic E-state index is 12.6. The highest BCUT2D eigenvalue weighted by Crippen LogP contribution is 2.43. The zero-order chi connectivity index (χ0) is 37.2. The van der Waals surface area contributed by atoms with Crippen LogP contribution in [0.1, 0.15) is 155 Å². The molecule has 0 fully saturated rings. The van der Waals surface area contributed by atoms with E-state index >= 15 is 0 Å². The third kappa shape index (κ3) is 36.0. The van der Waals surface area contributed by atoms with E-state index in [9.17, 15) is 19.0 Å². The second-order valence-electron chi connectivity index (χ2n) is 14.3. The molecule has 292 valence electrons. The first-order valence-corrected chi connectivity index (χ1v) is 21.2. The first-order valence-electron chi connectivity index (χ1n) is 19.7. The fraction of sp³-hybridized carbons (Fsp3) is 0.800. The summed E-state index contributed by atoms with van der Waals surface area (Å²) in [7, 11) is 1.46. The van der Waals surface area contributed by atoms with Crippen molar-refractivity contribution in [1.82, 2.24) is 0 Å². The van der Waals surface area contributed by atoms with Crippen LogP contribution in [0.25, 0.3) is 0 Å². The Morgan fingerprint density at radius 3 is 1.66 bits per heavy atom. The highest BCUT2D eigenvalue weighted by atomic mass is 31.2. The summed E-state index contributed by atoms with van der Waals surface area (Å²) in [5.74, 6) is -0.829. The largest absolute Gasteiger partial charge is 0.472 e. The molecule has 0 aromatic carbocycles. The molecule has 9 nitrogen and oxygen atoms in total. The van der Waals surface area contributed by atoms with Gasteiger partial charge < -0.3 is 18.9 Å². The van der Waals surface area contributed by atoms with Gasteiger partial charge in [0, 0.05) is 12.8 Å². The number of nitrogens with zero attached hydrogens (tertiary/aromatic N) is 1. The number of rotatable bonds is 35. The van der Waals surface area contributed by atoms with Gasteiger partial charge in [0.2, 0.25) is 0 Å². The van der Waals surface area contributed by atoms with E-state index in [2.05, 4.69) is 50.3 Å². The van der Waals surface area contributed by atoms with Gasteiger partial charge in [-0.3, -0.25) is 18.6 Å². The lowest BCUT2D eigenvalue weighted by Crippen LogP contribution is -2.37. The summed E-state index contributed by atoms with van der Waals surface area (Å²) < 4.78 is 34.1. The first-order chi connectivity index (χ1) is 24.0. The summed E-state index contributed by atoms with van der Waals surface area (Å²) in [6.07, 6.45) is 34.7. The summed E-state index contributed by atoms with van der Waals surface area (Å²) in [5, 5.41) is 0. The molecule has 10 heteroatoms. The van der Waals surface area contributed by atoms with Crippen molar-refractivity contribution in [2.45, 2.75) is 161 Å². The van der Waals surface area contributed by atoms with Crippen molar-refractivity contribution in [2.24, 2.45) is 0 Å². The molecule has 0 heterocycles. The molecule has 0 saturated carbocycles. The Kier molecular flexibility index (Phi) is 31.9. The maximum absolute atomic E-state index is 12.6. The van der Waals surface area contributed by atoms with Gasteiger partial charge >= 0.3 is 19.8 Å². The van der Waals surface area contributed by atoms with Gasteiger partial charge in [-0.15, -0.1) is 0 Å². The Bertz CT molecular complexity index is 959. The van der Waals surface area contributed by atoms with Gasteiger partial charge in [-0.2, -0.15) is 0 Å². The van der Waals surface area contributed by atoms with Crippen molar-refractivity contribution < 1.29 is 42.1 Å². The lowest BCUT2D eigenvalue weighted by atomic mass is 10.1.